The van der Waals surface area contributed by atoms with Crippen LogP contribution in [0.4, 0.5) is 0 Å². The number of ether oxygens (including phenoxy) is 2. The van der Waals surface area contributed by atoms with Gasteiger partial charge in [-0.15, -0.1) is 0 Å². The molecule has 0 unspecified atom stereocenters. The minimum atomic E-state index is -0.347. The van der Waals surface area contributed by atoms with Crippen LogP contribution in [-0.4, -0.2) is 13.1 Å². The Morgan fingerprint density at radius 2 is 1.73 bits per heavy atom. The Morgan fingerprint density at radius 1 is 0.962 bits per heavy atom. The summed E-state index contributed by atoms with van der Waals surface area (Å²) in [5.41, 5.74) is 4.26. The average molecular weight is 346 g/mol. The molecule has 0 saturated heterocycles. The monoisotopic (exact) mass is 346 g/mol. The van der Waals surface area contributed by atoms with Crippen molar-refractivity contribution >= 4 is 22.8 Å². The van der Waals surface area contributed by atoms with Gasteiger partial charge in [0.15, 0.2) is 0 Å². The number of methoxy groups -OCH3 is 1. The first-order valence-corrected chi connectivity index (χ1v) is 8.54. The Labute approximate surface area is 153 Å². The lowest BCUT2D eigenvalue weighted by Gasteiger charge is -2.07. The molecule has 0 saturated carbocycles. The molecule has 0 heterocycles. The van der Waals surface area contributed by atoms with E-state index in [0.29, 0.717) is 0 Å². The lowest BCUT2D eigenvalue weighted by atomic mass is 10.1. The molecule has 3 nitrogen and oxygen atoms in total. The second-order valence-electron chi connectivity index (χ2n) is 6.34. The van der Waals surface area contributed by atoms with Gasteiger partial charge in [0, 0.05) is 6.08 Å². The summed E-state index contributed by atoms with van der Waals surface area (Å²) in [6.45, 7) is 4.33. The fourth-order valence-electron chi connectivity index (χ4n) is 2.79. The van der Waals surface area contributed by atoms with Crippen molar-refractivity contribution in [1.82, 2.24) is 0 Å². The molecule has 26 heavy (non-hydrogen) atoms. The first-order valence-electron chi connectivity index (χ1n) is 8.54. The zero-order chi connectivity index (χ0) is 18.5. The van der Waals surface area contributed by atoms with Crippen molar-refractivity contribution < 1.29 is 14.3 Å². The van der Waals surface area contributed by atoms with Crippen LogP contribution in [0.3, 0.4) is 0 Å². The minimum absolute atomic E-state index is 0.286. The van der Waals surface area contributed by atoms with Gasteiger partial charge in [0.2, 0.25) is 0 Å². The quantitative estimate of drug-likeness (QED) is 0.469. The van der Waals surface area contributed by atoms with Crippen molar-refractivity contribution in [3.8, 4) is 5.75 Å². The number of hydrogen-bond donors (Lipinski definition) is 0. The zero-order valence-corrected chi connectivity index (χ0v) is 15.3. The molecular weight excluding hydrogens is 324 g/mol. The summed E-state index contributed by atoms with van der Waals surface area (Å²) in [6, 6.07) is 18.1. The van der Waals surface area contributed by atoms with E-state index in [4.69, 9.17) is 9.47 Å². The Morgan fingerprint density at radius 3 is 2.54 bits per heavy atom. The number of fused-ring (bicyclic) bond motifs is 1. The molecule has 0 N–H and O–H groups in total. The van der Waals surface area contributed by atoms with E-state index in [1.54, 1.807) is 13.2 Å². The highest BCUT2D eigenvalue weighted by atomic mass is 16.5. The van der Waals surface area contributed by atoms with Gasteiger partial charge in [-0.05, 0) is 65.6 Å². The third kappa shape index (κ3) is 4.31. The topological polar surface area (TPSA) is 35.5 Å². The van der Waals surface area contributed by atoms with Crippen LogP contribution in [-0.2, 0) is 16.1 Å². The van der Waals surface area contributed by atoms with Gasteiger partial charge in [-0.3, -0.25) is 0 Å². The highest BCUT2D eigenvalue weighted by molar-refractivity contribution is 5.90. The number of rotatable bonds is 5. The van der Waals surface area contributed by atoms with E-state index in [1.165, 1.54) is 6.08 Å². The first-order chi connectivity index (χ1) is 12.5. The van der Waals surface area contributed by atoms with Crippen molar-refractivity contribution in [1.29, 1.82) is 0 Å². The molecule has 3 heteroatoms. The largest absolute Gasteiger partial charge is 0.497 e. The second kappa shape index (κ2) is 7.87. The van der Waals surface area contributed by atoms with Gasteiger partial charge in [0.05, 0.1) is 7.11 Å². The Balaban J connectivity index is 1.66. The fourth-order valence-corrected chi connectivity index (χ4v) is 2.79. The first kappa shape index (κ1) is 17.7. The summed E-state index contributed by atoms with van der Waals surface area (Å²) in [4.78, 5) is 12.0. The summed E-state index contributed by atoms with van der Waals surface area (Å²) >= 11 is 0. The van der Waals surface area contributed by atoms with Crippen LogP contribution in [0.25, 0.3) is 16.8 Å². The van der Waals surface area contributed by atoms with Crippen molar-refractivity contribution in [2.24, 2.45) is 0 Å². The average Bonchev–Trinajstić information content (AvgIpc) is 2.66. The molecule has 0 atom stereocenters. The normalized spacial score (nSPS) is 11.0. The van der Waals surface area contributed by atoms with E-state index in [0.717, 1.165) is 38.8 Å². The van der Waals surface area contributed by atoms with Crippen LogP contribution in [0.15, 0.2) is 60.7 Å². The van der Waals surface area contributed by atoms with Crippen LogP contribution in [0.5, 0.6) is 5.75 Å². The standard InChI is InChI=1S/C23H22O3/c1-16-4-5-17(2)21(12-16)15-26-23(24)11-7-18-6-8-20-14-22(25-3)10-9-19(20)13-18/h4-14H,15H2,1-3H3/b11-7+. The van der Waals surface area contributed by atoms with Crippen molar-refractivity contribution in [3.05, 3.63) is 82.9 Å². The summed E-state index contributed by atoms with van der Waals surface area (Å²) in [6.07, 6.45) is 3.24. The number of carbonyl (C=O) groups is 1. The molecule has 3 aromatic rings. The Hall–Kier alpha value is -3.07. The Bertz CT molecular complexity index is 970. The van der Waals surface area contributed by atoms with Gasteiger partial charge >= 0.3 is 5.97 Å². The molecular formula is C23H22O3. The van der Waals surface area contributed by atoms with Crippen molar-refractivity contribution in [2.75, 3.05) is 7.11 Å². The van der Waals surface area contributed by atoms with E-state index >= 15 is 0 Å². The van der Waals surface area contributed by atoms with Gasteiger partial charge in [0.25, 0.3) is 0 Å². The number of esters is 1. The molecule has 0 bridgehead atoms. The van der Waals surface area contributed by atoms with E-state index in [-0.39, 0.29) is 12.6 Å². The number of benzene rings is 3. The number of aryl methyl sites for hydroxylation is 2. The van der Waals surface area contributed by atoms with Crippen LogP contribution in [0.1, 0.15) is 22.3 Å². The van der Waals surface area contributed by atoms with Gasteiger partial charge in [-0.25, -0.2) is 4.79 Å². The van der Waals surface area contributed by atoms with Gasteiger partial charge in [-0.1, -0.05) is 42.0 Å². The molecule has 0 aliphatic heterocycles. The minimum Gasteiger partial charge on any atom is -0.497 e. The molecule has 3 rings (SSSR count). The third-order valence-corrected chi connectivity index (χ3v) is 4.36. The molecule has 0 aliphatic rings. The molecule has 0 aromatic heterocycles. The smallest absolute Gasteiger partial charge is 0.331 e. The predicted molar refractivity (Wildman–Crippen MR) is 105 cm³/mol. The molecule has 0 spiro atoms. The Kier molecular flexibility index (Phi) is 5.37. The van der Waals surface area contributed by atoms with Gasteiger partial charge in [0.1, 0.15) is 12.4 Å². The lowest BCUT2D eigenvalue weighted by Crippen LogP contribution is -2.02. The number of carbonyl (C=O) groups excluding carboxylic acids is 1. The van der Waals surface area contributed by atoms with Gasteiger partial charge < -0.3 is 9.47 Å². The van der Waals surface area contributed by atoms with E-state index in [1.807, 2.05) is 62.4 Å². The summed E-state index contributed by atoms with van der Waals surface area (Å²) in [5, 5.41) is 2.19. The summed E-state index contributed by atoms with van der Waals surface area (Å²) in [5.74, 6) is 0.483. The molecule has 3 aromatic carbocycles. The maximum Gasteiger partial charge on any atom is 0.331 e. The second-order valence-corrected chi connectivity index (χ2v) is 6.34. The highest BCUT2D eigenvalue weighted by Gasteiger charge is 2.03. The molecule has 0 fully saturated rings. The van der Waals surface area contributed by atoms with Crippen molar-refractivity contribution in [3.63, 3.8) is 0 Å². The number of hydrogen-bond acceptors (Lipinski definition) is 3. The zero-order valence-electron chi connectivity index (χ0n) is 15.3. The third-order valence-electron chi connectivity index (χ3n) is 4.36. The lowest BCUT2D eigenvalue weighted by molar-refractivity contribution is -0.138. The van der Waals surface area contributed by atoms with Crippen molar-refractivity contribution in [2.45, 2.75) is 20.5 Å². The van der Waals surface area contributed by atoms with E-state index in [2.05, 4.69) is 6.07 Å². The predicted octanol–water partition coefficient (Wildman–Crippen LogP) is 5.22. The van der Waals surface area contributed by atoms with Gasteiger partial charge in [-0.2, -0.15) is 0 Å². The van der Waals surface area contributed by atoms with Crippen LogP contribution < -0.4 is 4.74 Å². The van der Waals surface area contributed by atoms with Crippen LogP contribution in [0, 0.1) is 13.8 Å². The molecule has 132 valence electrons. The van der Waals surface area contributed by atoms with E-state index < -0.39 is 0 Å². The van der Waals surface area contributed by atoms with Crippen LogP contribution >= 0.6 is 0 Å². The summed E-state index contributed by atoms with van der Waals surface area (Å²) < 4.78 is 10.6. The SMILES string of the molecule is COc1ccc2cc(/C=C/C(=O)OCc3cc(C)ccc3C)ccc2c1. The van der Waals surface area contributed by atoms with E-state index in [9.17, 15) is 4.79 Å². The molecule has 0 amide bonds. The molecule has 0 aliphatic carbocycles. The summed E-state index contributed by atoms with van der Waals surface area (Å²) in [7, 11) is 1.65. The highest BCUT2D eigenvalue weighted by Crippen LogP contribution is 2.22. The van der Waals surface area contributed by atoms with Crippen LogP contribution in [0.2, 0.25) is 0 Å². The maximum atomic E-state index is 12.0. The fraction of sp³-hybridized carbons (Fsp3) is 0.174. The maximum absolute atomic E-state index is 12.0. The molecule has 0 radical (unpaired) electrons.